The Morgan fingerprint density at radius 3 is 2.86 bits per heavy atom. The molecule has 3 aromatic heterocycles. The number of esters is 1. The van der Waals surface area contributed by atoms with Crippen molar-refractivity contribution in [1.82, 2.24) is 29.4 Å². The van der Waals surface area contributed by atoms with E-state index in [0.29, 0.717) is 11.6 Å². The molecule has 0 unspecified atom stereocenters. The molecule has 0 radical (unpaired) electrons. The molecule has 3 heterocycles. The predicted octanol–water partition coefficient (Wildman–Crippen LogP) is 2.22. The zero-order valence-corrected chi connectivity index (χ0v) is 15.5. The van der Waals surface area contributed by atoms with Crippen LogP contribution in [0.25, 0.3) is 11.5 Å². The predicted molar refractivity (Wildman–Crippen MR) is 99.8 cm³/mol. The minimum atomic E-state index is -0.427. The molecular formula is C20H17FN6O2. The number of ether oxygens (including phenoxy) is 1. The summed E-state index contributed by atoms with van der Waals surface area (Å²) in [6, 6.07) is 7.95. The molecular weight excluding hydrogens is 375 g/mol. The van der Waals surface area contributed by atoms with Crippen LogP contribution in [0.2, 0.25) is 0 Å². The normalized spacial score (nSPS) is 13.0. The Balaban J connectivity index is 1.31. The largest absolute Gasteiger partial charge is 0.459 e. The van der Waals surface area contributed by atoms with Gasteiger partial charge in [-0.15, -0.1) is 5.10 Å². The van der Waals surface area contributed by atoms with Gasteiger partial charge in [0.1, 0.15) is 24.5 Å². The van der Waals surface area contributed by atoms with Crippen LogP contribution in [0.1, 0.15) is 29.2 Å². The second-order valence-electron chi connectivity index (χ2n) is 6.84. The van der Waals surface area contributed by atoms with Crippen molar-refractivity contribution in [3.8, 4) is 5.69 Å². The molecule has 0 saturated heterocycles. The second-order valence-corrected chi connectivity index (χ2v) is 6.84. The molecule has 0 N–H and O–H groups in total. The minimum absolute atomic E-state index is 0.0375. The van der Waals surface area contributed by atoms with Crippen molar-refractivity contribution in [2.24, 2.45) is 0 Å². The summed E-state index contributed by atoms with van der Waals surface area (Å²) in [5.74, 6) is 0.0772. The monoisotopic (exact) mass is 392 g/mol. The Morgan fingerprint density at radius 1 is 1.17 bits per heavy atom. The standard InChI is InChI=1S/C20H17FN6O2/c21-13-5-7-14(8-6-13)27-17-4-1-3-15(17)16(24-27)12-29-19(28)11-18-23-20-22-9-2-10-26(20)25-18/h2,5-10H,1,3-4,11-12H2. The van der Waals surface area contributed by atoms with Crippen LogP contribution in [0.4, 0.5) is 4.39 Å². The third kappa shape index (κ3) is 3.35. The third-order valence-electron chi connectivity index (χ3n) is 4.92. The zero-order chi connectivity index (χ0) is 19.8. The van der Waals surface area contributed by atoms with E-state index in [1.54, 1.807) is 30.6 Å². The average molecular weight is 392 g/mol. The molecule has 1 aromatic carbocycles. The van der Waals surface area contributed by atoms with Gasteiger partial charge >= 0.3 is 5.97 Å². The Labute approximate surface area is 165 Å². The van der Waals surface area contributed by atoms with E-state index in [1.807, 2.05) is 4.68 Å². The molecule has 0 atom stereocenters. The number of halogens is 1. The first-order valence-corrected chi connectivity index (χ1v) is 9.35. The number of rotatable bonds is 5. The first-order valence-electron chi connectivity index (χ1n) is 9.35. The Kier molecular flexibility index (Phi) is 4.27. The quantitative estimate of drug-likeness (QED) is 0.484. The van der Waals surface area contributed by atoms with Gasteiger partial charge in [0, 0.05) is 23.7 Å². The second kappa shape index (κ2) is 7.08. The van der Waals surface area contributed by atoms with Crippen LogP contribution in [0.15, 0.2) is 42.7 Å². The fourth-order valence-electron chi connectivity index (χ4n) is 3.61. The molecule has 8 nitrogen and oxygen atoms in total. The highest BCUT2D eigenvalue weighted by Gasteiger charge is 2.24. The van der Waals surface area contributed by atoms with Crippen molar-refractivity contribution in [3.05, 3.63) is 71.3 Å². The lowest BCUT2D eigenvalue weighted by Gasteiger charge is -2.05. The van der Waals surface area contributed by atoms with Crippen LogP contribution >= 0.6 is 0 Å². The number of hydrogen-bond donors (Lipinski definition) is 0. The maximum Gasteiger partial charge on any atom is 0.314 e. The molecule has 1 aliphatic rings. The average Bonchev–Trinajstić information content (AvgIpc) is 3.42. The van der Waals surface area contributed by atoms with E-state index in [1.165, 1.54) is 16.6 Å². The van der Waals surface area contributed by atoms with Gasteiger partial charge in [0.25, 0.3) is 5.78 Å². The third-order valence-corrected chi connectivity index (χ3v) is 4.92. The first kappa shape index (κ1) is 17.5. The Morgan fingerprint density at radius 2 is 2.03 bits per heavy atom. The molecule has 146 valence electrons. The summed E-state index contributed by atoms with van der Waals surface area (Å²) in [7, 11) is 0. The summed E-state index contributed by atoms with van der Waals surface area (Å²) in [6.07, 6.45) is 6.10. The van der Waals surface area contributed by atoms with Gasteiger partial charge in [-0.2, -0.15) is 10.1 Å². The van der Waals surface area contributed by atoms with E-state index in [2.05, 4.69) is 20.2 Å². The van der Waals surface area contributed by atoms with E-state index in [4.69, 9.17) is 4.74 Å². The van der Waals surface area contributed by atoms with Crippen molar-refractivity contribution in [2.45, 2.75) is 32.3 Å². The molecule has 0 spiro atoms. The summed E-state index contributed by atoms with van der Waals surface area (Å²) in [6.45, 7) is 0.0843. The first-order chi connectivity index (χ1) is 14.2. The van der Waals surface area contributed by atoms with E-state index in [0.717, 1.165) is 41.9 Å². The number of benzene rings is 1. The summed E-state index contributed by atoms with van der Waals surface area (Å²) in [4.78, 5) is 20.6. The summed E-state index contributed by atoms with van der Waals surface area (Å²) < 4.78 is 22.0. The molecule has 0 bridgehead atoms. The van der Waals surface area contributed by atoms with Gasteiger partial charge in [0.15, 0.2) is 5.82 Å². The zero-order valence-electron chi connectivity index (χ0n) is 15.5. The topological polar surface area (TPSA) is 87.2 Å². The van der Waals surface area contributed by atoms with Crippen LogP contribution in [0, 0.1) is 5.82 Å². The number of hydrogen-bond acceptors (Lipinski definition) is 6. The van der Waals surface area contributed by atoms with Crippen molar-refractivity contribution in [3.63, 3.8) is 0 Å². The number of fused-ring (bicyclic) bond motifs is 2. The van der Waals surface area contributed by atoms with E-state index >= 15 is 0 Å². The van der Waals surface area contributed by atoms with Crippen LogP contribution < -0.4 is 0 Å². The fraction of sp³-hybridized carbons (Fsp3) is 0.250. The minimum Gasteiger partial charge on any atom is -0.459 e. The van der Waals surface area contributed by atoms with Gasteiger partial charge in [-0.05, 0) is 49.6 Å². The van der Waals surface area contributed by atoms with E-state index in [9.17, 15) is 9.18 Å². The summed E-state index contributed by atoms with van der Waals surface area (Å²) >= 11 is 0. The Hall–Kier alpha value is -3.62. The van der Waals surface area contributed by atoms with E-state index in [-0.39, 0.29) is 18.8 Å². The number of carbonyl (C=O) groups is 1. The molecule has 5 rings (SSSR count). The van der Waals surface area contributed by atoms with Gasteiger partial charge < -0.3 is 4.74 Å². The van der Waals surface area contributed by atoms with Gasteiger partial charge in [-0.1, -0.05) is 0 Å². The van der Waals surface area contributed by atoms with Crippen molar-refractivity contribution < 1.29 is 13.9 Å². The highest BCUT2D eigenvalue weighted by molar-refractivity contribution is 5.71. The highest BCUT2D eigenvalue weighted by atomic mass is 19.1. The lowest BCUT2D eigenvalue weighted by Crippen LogP contribution is -2.10. The van der Waals surface area contributed by atoms with Crippen molar-refractivity contribution >= 4 is 11.7 Å². The summed E-state index contributed by atoms with van der Waals surface area (Å²) in [5.41, 5.74) is 3.73. The molecule has 0 fully saturated rings. The molecule has 29 heavy (non-hydrogen) atoms. The number of nitrogens with zero attached hydrogens (tertiary/aromatic N) is 6. The van der Waals surface area contributed by atoms with Crippen molar-refractivity contribution in [1.29, 1.82) is 0 Å². The Bertz CT molecular complexity index is 1160. The number of aromatic nitrogens is 6. The lowest BCUT2D eigenvalue weighted by molar-refractivity contribution is -0.144. The SMILES string of the molecule is O=C(Cc1nc2ncccn2n1)OCc1nn(-c2ccc(F)cc2)c2c1CCC2. The van der Waals surface area contributed by atoms with Gasteiger partial charge in [0.2, 0.25) is 0 Å². The highest BCUT2D eigenvalue weighted by Crippen LogP contribution is 2.28. The van der Waals surface area contributed by atoms with Crippen LogP contribution in [-0.2, 0) is 35.4 Å². The van der Waals surface area contributed by atoms with Crippen LogP contribution in [0.3, 0.4) is 0 Å². The maximum absolute atomic E-state index is 13.2. The lowest BCUT2D eigenvalue weighted by atomic mass is 10.2. The smallest absolute Gasteiger partial charge is 0.314 e. The molecule has 4 aromatic rings. The van der Waals surface area contributed by atoms with Crippen molar-refractivity contribution in [2.75, 3.05) is 0 Å². The summed E-state index contributed by atoms with van der Waals surface area (Å²) in [5, 5.41) is 8.83. The van der Waals surface area contributed by atoms with Gasteiger partial charge in [0.05, 0.1) is 5.69 Å². The van der Waals surface area contributed by atoms with E-state index < -0.39 is 5.97 Å². The molecule has 0 amide bonds. The fourth-order valence-corrected chi connectivity index (χ4v) is 3.61. The van der Waals surface area contributed by atoms with Gasteiger partial charge in [-0.25, -0.2) is 18.6 Å². The van der Waals surface area contributed by atoms with Gasteiger partial charge in [-0.3, -0.25) is 4.79 Å². The molecule has 9 heteroatoms. The number of carbonyl (C=O) groups excluding carboxylic acids is 1. The molecule has 1 aliphatic carbocycles. The van der Waals surface area contributed by atoms with Crippen LogP contribution in [-0.4, -0.2) is 35.3 Å². The molecule has 0 saturated carbocycles. The van der Waals surface area contributed by atoms with Crippen LogP contribution in [0.5, 0.6) is 0 Å². The maximum atomic E-state index is 13.2. The molecule has 0 aliphatic heterocycles.